The van der Waals surface area contributed by atoms with E-state index in [1.165, 1.54) is 6.07 Å². The van der Waals surface area contributed by atoms with E-state index in [-0.39, 0.29) is 21.9 Å². The molecule has 0 unspecified atom stereocenters. The fraction of sp³-hybridized carbons (Fsp3) is 0.0952. The quantitative estimate of drug-likeness (QED) is 0.254. The van der Waals surface area contributed by atoms with Crippen molar-refractivity contribution >= 4 is 27.8 Å². The molecule has 0 spiro atoms. The van der Waals surface area contributed by atoms with Crippen LogP contribution in [0.4, 0.5) is 22.0 Å². The normalized spacial score (nSPS) is 11.4. The van der Waals surface area contributed by atoms with Crippen LogP contribution in [0.5, 0.6) is 0 Å². The average molecular weight is 505 g/mol. The number of hydrogen-bond donors (Lipinski definition) is 1. The number of alkyl halides is 3. The summed E-state index contributed by atoms with van der Waals surface area (Å²) in [4.78, 5) is 5.13. The molecule has 0 aliphatic rings. The Bertz CT molecular complexity index is 1240. The van der Waals surface area contributed by atoms with Crippen molar-refractivity contribution in [2.45, 2.75) is 12.8 Å². The Morgan fingerprint density at radius 2 is 1.64 bits per heavy atom. The first-order valence-electron chi connectivity index (χ1n) is 8.86. The van der Waals surface area contributed by atoms with Crippen molar-refractivity contribution in [2.75, 3.05) is 0 Å². The zero-order chi connectivity index (χ0) is 24.6. The van der Waals surface area contributed by atoms with Gasteiger partial charge in [-0.1, -0.05) is 47.1 Å². The lowest BCUT2D eigenvalue weighted by Crippen LogP contribution is -2.15. The minimum absolute atomic E-state index is 0.00435. The number of oxime groups is 1. The zero-order valence-corrected chi connectivity index (χ0v) is 18.0. The molecule has 0 heterocycles. The van der Waals surface area contributed by atoms with Crippen molar-refractivity contribution in [1.29, 1.82) is 4.78 Å². The molecule has 0 aliphatic heterocycles. The molecule has 0 atom stereocenters. The second-order valence-corrected chi connectivity index (χ2v) is 7.14. The maximum atomic E-state index is 13.8. The molecule has 3 rings (SSSR count). The largest absolute Gasteiger partial charge is 0.417 e. The third kappa shape index (κ3) is 7.95. The van der Waals surface area contributed by atoms with Crippen molar-refractivity contribution < 1.29 is 35.2 Å². The second kappa shape index (κ2) is 11.5. The summed E-state index contributed by atoms with van der Waals surface area (Å²) >= 11 is 5.92. The summed E-state index contributed by atoms with van der Waals surface area (Å²) in [6.07, 6.45) is -4.65. The van der Waals surface area contributed by atoms with E-state index in [1.807, 2.05) is 0 Å². The van der Waals surface area contributed by atoms with Gasteiger partial charge in [-0.2, -0.15) is 26.4 Å². The SMILES string of the molecule is Fc1ccc(CO/N=C(\c2ccccc2)c2cc(Cl)ccc2C(F)(F)F)c(F)c1.N=S(=O)=O. The van der Waals surface area contributed by atoms with E-state index >= 15 is 0 Å². The van der Waals surface area contributed by atoms with E-state index < -0.39 is 40.5 Å². The first-order valence-corrected chi connectivity index (χ1v) is 10.3. The minimum Gasteiger partial charge on any atom is -0.390 e. The summed E-state index contributed by atoms with van der Waals surface area (Å²) in [5.41, 5.74) is -0.996. The number of rotatable bonds is 5. The summed E-state index contributed by atoms with van der Waals surface area (Å²) < 4.78 is 90.1. The van der Waals surface area contributed by atoms with Crippen molar-refractivity contribution in [2.24, 2.45) is 5.16 Å². The molecule has 0 radical (unpaired) electrons. The lowest BCUT2D eigenvalue weighted by Gasteiger charge is -2.15. The number of halogens is 6. The molecule has 3 aromatic carbocycles. The third-order valence-corrected chi connectivity index (χ3v) is 4.22. The first-order chi connectivity index (χ1) is 15.5. The summed E-state index contributed by atoms with van der Waals surface area (Å²) in [5, 5.41) is 3.92. The zero-order valence-electron chi connectivity index (χ0n) is 16.4. The van der Waals surface area contributed by atoms with E-state index in [9.17, 15) is 22.0 Å². The fourth-order valence-corrected chi connectivity index (χ4v) is 2.79. The van der Waals surface area contributed by atoms with Gasteiger partial charge in [0, 0.05) is 27.8 Å². The van der Waals surface area contributed by atoms with Crippen LogP contribution >= 0.6 is 11.6 Å². The Hall–Kier alpha value is -3.31. The topological polar surface area (TPSA) is 79.6 Å². The second-order valence-electron chi connectivity index (χ2n) is 6.24. The van der Waals surface area contributed by atoms with Crippen LogP contribution in [0, 0.1) is 16.4 Å². The van der Waals surface area contributed by atoms with E-state index in [0.717, 1.165) is 24.3 Å². The highest BCUT2D eigenvalue weighted by molar-refractivity contribution is 7.60. The van der Waals surface area contributed by atoms with Crippen molar-refractivity contribution in [3.63, 3.8) is 0 Å². The molecule has 174 valence electrons. The molecule has 5 nitrogen and oxygen atoms in total. The lowest BCUT2D eigenvalue weighted by atomic mass is 9.97. The molecule has 0 aliphatic carbocycles. The van der Waals surface area contributed by atoms with Gasteiger partial charge in [0.15, 0.2) is 0 Å². The highest BCUT2D eigenvalue weighted by atomic mass is 35.5. The van der Waals surface area contributed by atoms with E-state index in [1.54, 1.807) is 30.3 Å². The van der Waals surface area contributed by atoms with Gasteiger partial charge in [-0.05, 0) is 30.3 Å². The Labute approximate surface area is 191 Å². The van der Waals surface area contributed by atoms with Crippen LogP contribution in [0.15, 0.2) is 71.9 Å². The predicted molar refractivity (Wildman–Crippen MR) is 111 cm³/mol. The summed E-state index contributed by atoms with van der Waals surface area (Å²) in [6, 6.07) is 14.1. The molecule has 12 heteroatoms. The Kier molecular flexibility index (Phi) is 9.06. The van der Waals surface area contributed by atoms with E-state index in [2.05, 4.69) is 5.16 Å². The van der Waals surface area contributed by atoms with Gasteiger partial charge in [0.1, 0.15) is 24.0 Å². The molecular formula is C21H14ClF5N2O3S. The molecule has 1 N–H and O–H groups in total. The van der Waals surface area contributed by atoms with Crippen LogP contribution in [0.1, 0.15) is 22.3 Å². The van der Waals surface area contributed by atoms with Crippen LogP contribution in [-0.2, 0) is 28.1 Å². The Balaban J connectivity index is 0.000000890. The summed E-state index contributed by atoms with van der Waals surface area (Å²) in [7, 11) is -2.61. The highest BCUT2D eigenvalue weighted by Crippen LogP contribution is 2.34. The molecule has 0 bridgehead atoms. The molecule has 0 amide bonds. The van der Waals surface area contributed by atoms with Crippen molar-refractivity contribution in [3.05, 3.63) is 106 Å². The Morgan fingerprint density at radius 1 is 1.00 bits per heavy atom. The van der Waals surface area contributed by atoms with Crippen LogP contribution in [0.25, 0.3) is 0 Å². The predicted octanol–water partition coefficient (Wildman–Crippen LogP) is 6.23. The molecule has 33 heavy (non-hydrogen) atoms. The fourth-order valence-electron chi connectivity index (χ4n) is 2.62. The lowest BCUT2D eigenvalue weighted by molar-refractivity contribution is -0.137. The maximum Gasteiger partial charge on any atom is 0.417 e. The van der Waals surface area contributed by atoms with Gasteiger partial charge in [-0.3, -0.25) is 0 Å². The summed E-state index contributed by atoms with van der Waals surface area (Å²) in [5.74, 6) is -1.60. The molecule has 0 fully saturated rings. The Morgan fingerprint density at radius 3 is 2.21 bits per heavy atom. The van der Waals surface area contributed by atoms with E-state index in [4.69, 9.17) is 29.6 Å². The van der Waals surface area contributed by atoms with Gasteiger partial charge in [0.25, 0.3) is 0 Å². The van der Waals surface area contributed by atoms with Gasteiger partial charge < -0.3 is 4.84 Å². The third-order valence-electron chi connectivity index (χ3n) is 3.98. The molecule has 3 aromatic rings. The molecule has 0 saturated carbocycles. The standard InChI is InChI=1S/C21H13ClF5NO.HNO2S/c22-15-7-9-18(21(25,26)27)17(10-15)20(13-4-2-1-3-5-13)28-29-12-14-6-8-16(23)11-19(14)24;1-4(2)3/h1-11H,12H2;1H/b28-20+;. The highest BCUT2D eigenvalue weighted by Gasteiger charge is 2.35. The van der Waals surface area contributed by atoms with Crippen molar-refractivity contribution in [3.8, 4) is 0 Å². The number of benzene rings is 3. The average Bonchev–Trinajstić information content (AvgIpc) is 2.72. The van der Waals surface area contributed by atoms with Crippen molar-refractivity contribution in [1.82, 2.24) is 0 Å². The number of hydrogen-bond acceptors (Lipinski definition) is 5. The van der Waals surface area contributed by atoms with Gasteiger partial charge in [0.2, 0.25) is 0 Å². The van der Waals surface area contributed by atoms with Gasteiger partial charge in [-0.25, -0.2) is 8.78 Å². The van der Waals surface area contributed by atoms with Gasteiger partial charge in [-0.15, -0.1) is 0 Å². The molecule has 0 saturated heterocycles. The summed E-state index contributed by atoms with van der Waals surface area (Å²) in [6.45, 7) is -0.398. The van der Waals surface area contributed by atoms with E-state index in [0.29, 0.717) is 11.6 Å². The van der Waals surface area contributed by atoms with Crippen LogP contribution in [-0.4, -0.2) is 14.1 Å². The van der Waals surface area contributed by atoms with Crippen LogP contribution in [0.2, 0.25) is 5.02 Å². The monoisotopic (exact) mass is 504 g/mol. The smallest absolute Gasteiger partial charge is 0.390 e. The number of nitrogens with zero attached hydrogens (tertiary/aromatic N) is 1. The molecular weight excluding hydrogens is 491 g/mol. The van der Waals surface area contributed by atoms with Crippen LogP contribution in [0.3, 0.4) is 0 Å². The number of nitrogens with one attached hydrogen (secondary N) is 1. The molecule has 0 aromatic heterocycles. The first kappa shape index (κ1) is 25.9. The van der Waals surface area contributed by atoms with Gasteiger partial charge in [0.05, 0.1) is 5.56 Å². The maximum absolute atomic E-state index is 13.8. The van der Waals surface area contributed by atoms with Crippen LogP contribution < -0.4 is 0 Å². The van der Waals surface area contributed by atoms with Gasteiger partial charge >= 0.3 is 16.7 Å². The minimum atomic E-state index is -4.65.